The van der Waals surface area contributed by atoms with E-state index in [1.807, 2.05) is 19.1 Å². The number of nitrogens with zero attached hydrogens (tertiary/aromatic N) is 3. The lowest BCUT2D eigenvalue weighted by atomic mass is 10.2. The number of carbonyl (C=O) groups excluding carboxylic acids is 1. The van der Waals surface area contributed by atoms with Gasteiger partial charge in [-0.1, -0.05) is 17.7 Å². The second-order valence-electron chi connectivity index (χ2n) is 8.49. The number of ether oxygens (including phenoxy) is 1. The predicted octanol–water partition coefficient (Wildman–Crippen LogP) is 2.72. The molecule has 0 atom stereocenters. The van der Waals surface area contributed by atoms with Gasteiger partial charge in [0.15, 0.2) is 0 Å². The van der Waals surface area contributed by atoms with Crippen LogP contribution in [0, 0.1) is 6.92 Å². The first-order chi connectivity index (χ1) is 16.2. The van der Waals surface area contributed by atoms with Gasteiger partial charge in [-0.25, -0.2) is 8.42 Å². The van der Waals surface area contributed by atoms with Crippen molar-refractivity contribution in [3.8, 4) is 5.75 Å². The Morgan fingerprint density at radius 1 is 1.12 bits per heavy atom. The summed E-state index contributed by atoms with van der Waals surface area (Å²) in [6.07, 6.45) is 0.818. The molecule has 0 spiro atoms. The SMILES string of the molecule is COc1ccc(S(=O)(=O)N(CC(=O)NCCCN2CCN(C)CC2)c2ccc(C)cc2)cc1Br. The molecular formula is C24H33BrN4O4S. The highest BCUT2D eigenvalue weighted by Gasteiger charge is 2.28. The molecule has 8 nitrogen and oxygen atoms in total. The Morgan fingerprint density at radius 3 is 2.41 bits per heavy atom. The monoisotopic (exact) mass is 552 g/mol. The predicted molar refractivity (Wildman–Crippen MR) is 138 cm³/mol. The minimum atomic E-state index is -3.99. The zero-order chi connectivity index (χ0) is 24.7. The van der Waals surface area contributed by atoms with Crippen molar-refractivity contribution in [1.29, 1.82) is 0 Å². The smallest absolute Gasteiger partial charge is 0.264 e. The van der Waals surface area contributed by atoms with Crippen LogP contribution >= 0.6 is 15.9 Å². The number of benzene rings is 2. The number of methoxy groups -OCH3 is 1. The van der Waals surface area contributed by atoms with E-state index in [0.717, 1.165) is 49.0 Å². The Kier molecular flexibility index (Phi) is 9.35. The van der Waals surface area contributed by atoms with E-state index in [2.05, 4.69) is 38.1 Å². The maximum Gasteiger partial charge on any atom is 0.264 e. The first kappa shape index (κ1) is 26.5. The van der Waals surface area contributed by atoms with E-state index in [4.69, 9.17) is 4.74 Å². The van der Waals surface area contributed by atoms with Crippen LogP contribution in [0.1, 0.15) is 12.0 Å². The summed E-state index contributed by atoms with van der Waals surface area (Å²) in [5.41, 5.74) is 1.44. The average molecular weight is 554 g/mol. The zero-order valence-electron chi connectivity index (χ0n) is 20.0. The van der Waals surface area contributed by atoms with E-state index >= 15 is 0 Å². The molecule has 10 heteroatoms. The van der Waals surface area contributed by atoms with E-state index in [1.165, 1.54) is 19.2 Å². The minimum absolute atomic E-state index is 0.0728. The Balaban J connectivity index is 1.69. The molecule has 1 aliphatic heterocycles. The number of nitrogens with one attached hydrogen (secondary N) is 1. The summed E-state index contributed by atoms with van der Waals surface area (Å²) in [7, 11) is -0.353. The highest BCUT2D eigenvalue weighted by atomic mass is 79.9. The van der Waals surface area contributed by atoms with Gasteiger partial charge in [-0.15, -0.1) is 0 Å². The number of anilines is 1. The largest absolute Gasteiger partial charge is 0.496 e. The maximum atomic E-state index is 13.5. The van der Waals surface area contributed by atoms with Gasteiger partial charge in [0.1, 0.15) is 12.3 Å². The fourth-order valence-electron chi connectivity index (χ4n) is 3.75. The highest BCUT2D eigenvalue weighted by molar-refractivity contribution is 9.10. The van der Waals surface area contributed by atoms with E-state index in [9.17, 15) is 13.2 Å². The summed E-state index contributed by atoms with van der Waals surface area (Å²) >= 11 is 3.35. The molecule has 1 heterocycles. The van der Waals surface area contributed by atoms with Crippen LogP contribution < -0.4 is 14.4 Å². The van der Waals surface area contributed by atoms with Gasteiger partial charge >= 0.3 is 0 Å². The van der Waals surface area contributed by atoms with Crippen molar-refractivity contribution in [1.82, 2.24) is 15.1 Å². The third-order valence-electron chi connectivity index (χ3n) is 5.89. The summed E-state index contributed by atoms with van der Waals surface area (Å²) < 4.78 is 34.0. The first-order valence-electron chi connectivity index (χ1n) is 11.3. The molecule has 1 N–H and O–H groups in total. The van der Waals surface area contributed by atoms with Gasteiger partial charge in [0, 0.05) is 32.7 Å². The summed E-state index contributed by atoms with van der Waals surface area (Å²) in [6, 6.07) is 11.6. The van der Waals surface area contributed by atoms with E-state index < -0.39 is 10.0 Å². The summed E-state index contributed by atoms with van der Waals surface area (Å²) in [4.78, 5) is 17.5. The topological polar surface area (TPSA) is 82.2 Å². The van der Waals surface area contributed by atoms with Crippen molar-refractivity contribution in [3.63, 3.8) is 0 Å². The van der Waals surface area contributed by atoms with Crippen molar-refractivity contribution in [3.05, 3.63) is 52.5 Å². The normalized spacial score (nSPS) is 15.2. The van der Waals surface area contributed by atoms with Crippen molar-refractivity contribution in [2.75, 3.05) is 64.3 Å². The lowest BCUT2D eigenvalue weighted by Crippen LogP contribution is -2.45. The van der Waals surface area contributed by atoms with Crippen molar-refractivity contribution < 1.29 is 17.9 Å². The first-order valence-corrected chi connectivity index (χ1v) is 13.5. The number of hydrogen-bond donors (Lipinski definition) is 1. The lowest BCUT2D eigenvalue weighted by molar-refractivity contribution is -0.119. The van der Waals surface area contributed by atoms with Gasteiger partial charge in [0.2, 0.25) is 5.91 Å². The third-order valence-corrected chi connectivity index (χ3v) is 8.28. The summed E-state index contributed by atoms with van der Waals surface area (Å²) in [6.45, 7) is 7.20. The van der Waals surface area contributed by atoms with Crippen LogP contribution in [0.3, 0.4) is 0 Å². The van der Waals surface area contributed by atoms with Crippen LogP contribution in [0.2, 0.25) is 0 Å². The number of hydrogen-bond acceptors (Lipinski definition) is 6. The number of amides is 1. The molecule has 0 aliphatic carbocycles. The fourth-order valence-corrected chi connectivity index (χ4v) is 5.89. The van der Waals surface area contributed by atoms with Crippen molar-refractivity contribution in [2.45, 2.75) is 18.2 Å². The third kappa shape index (κ3) is 6.94. The molecule has 0 aromatic heterocycles. The average Bonchev–Trinajstić information content (AvgIpc) is 2.82. The molecule has 34 heavy (non-hydrogen) atoms. The zero-order valence-corrected chi connectivity index (χ0v) is 22.4. The molecule has 0 saturated carbocycles. The molecule has 1 saturated heterocycles. The number of aryl methyl sites for hydroxylation is 1. The Hall–Kier alpha value is -2.14. The molecule has 0 radical (unpaired) electrons. The molecule has 0 unspecified atom stereocenters. The van der Waals surface area contributed by atoms with Gasteiger partial charge in [0.25, 0.3) is 10.0 Å². The van der Waals surface area contributed by atoms with E-state index in [0.29, 0.717) is 22.5 Å². The molecule has 1 fully saturated rings. The van der Waals surface area contributed by atoms with Crippen LogP contribution in [0.15, 0.2) is 51.8 Å². The Morgan fingerprint density at radius 2 is 1.79 bits per heavy atom. The number of sulfonamides is 1. The number of likely N-dealkylation sites (N-methyl/N-ethyl adjacent to an activating group) is 1. The van der Waals surface area contributed by atoms with Gasteiger partial charge in [0.05, 0.1) is 22.2 Å². The number of carbonyl (C=O) groups is 1. The number of halogens is 1. The van der Waals surface area contributed by atoms with E-state index in [1.54, 1.807) is 18.2 Å². The molecule has 0 bridgehead atoms. The molecule has 3 rings (SSSR count). The number of rotatable bonds is 10. The van der Waals surface area contributed by atoms with Crippen LogP contribution in [0.25, 0.3) is 0 Å². The highest BCUT2D eigenvalue weighted by Crippen LogP contribution is 2.30. The second-order valence-corrected chi connectivity index (χ2v) is 11.2. The summed E-state index contributed by atoms with van der Waals surface area (Å²) in [5, 5.41) is 2.88. The van der Waals surface area contributed by atoms with Gasteiger partial charge < -0.3 is 19.9 Å². The van der Waals surface area contributed by atoms with Crippen LogP contribution in [-0.4, -0.2) is 84.1 Å². The second kappa shape index (κ2) is 12.0. The molecule has 1 aliphatic rings. The minimum Gasteiger partial charge on any atom is -0.496 e. The molecule has 1 amide bonds. The number of piperazine rings is 1. The molecule has 2 aromatic rings. The van der Waals surface area contributed by atoms with Gasteiger partial charge in [-0.05, 0) is 73.2 Å². The Bertz CT molecular complexity index is 1070. The van der Waals surface area contributed by atoms with Crippen molar-refractivity contribution in [2.24, 2.45) is 0 Å². The maximum absolute atomic E-state index is 13.5. The Labute approximate surface area is 211 Å². The van der Waals surface area contributed by atoms with Gasteiger partial charge in [-0.3, -0.25) is 9.10 Å². The van der Waals surface area contributed by atoms with Crippen molar-refractivity contribution >= 4 is 37.5 Å². The van der Waals surface area contributed by atoms with Crippen LogP contribution in [0.4, 0.5) is 5.69 Å². The molecule has 2 aromatic carbocycles. The molecule has 186 valence electrons. The van der Waals surface area contributed by atoms with Crippen LogP contribution in [-0.2, 0) is 14.8 Å². The van der Waals surface area contributed by atoms with Gasteiger partial charge in [-0.2, -0.15) is 0 Å². The van der Waals surface area contributed by atoms with E-state index in [-0.39, 0.29) is 17.3 Å². The fraction of sp³-hybridized carbons (Fsp3) is 0.458. The standard InChI is InChI=1S/C24H33BrN4O4S/c1-19-5-7-20(8-6-19)29(34(31,32)21-9-10-23(33-3)22(25)17-21)18-24(30)26-11-4-12-28-15-13-27(2)14-16-28/h5-10,17H,4,11-16,18H2,1-3H3,(H,26,30). The summed E-state index contributed by atoms with van der Waals surface area (Å²) in [5.74, 6) is 0.189. The quantitative estimate of drug-likeness (QED) is 0.456. The lowest BCUT2D eigenvalue weighted by Gasteiger charge is -2.32. The van der Waals surface area contributed by atoms with Crippen LogP contribution in [0.5, 0.6) is 5.75 Å². The molecular weight excluding hydrogens is 520 g/mol.